The summed E-state index contributed by atoms with van der Waals surface area (Å²) in [5.41, 5.74) is 2.35. The second-order valence-corrected chi connectivity index (χ2v) is 7.98. The summed E-state index contributed by atoms with van der Waals surface area (Å²) in [6, 6.07) is 11.1. The van der Waals surface area contributed by atoms with Gasteiger partial charge in [0, 0.05) is 26.4 Å². The Morgan fingerprint density at radius 3 is 2.67 bits per heavy atom. The number of hydrogen-bond donors (Lipinski definition) is 1. The predicted molar refractivity (Wildman–Crippen MR) is 93.6 cm³/mol. The number of aromatic nitrogens is 2. The summed E-state index contributed by atoms with van der Waals surface area (Å²) in [6.07, 6.45) is 7.03. The first-order chi connectivity index (χ1) is 10.3. The topological polar surface area (TPSA) is 28.7 Å². The van der Waals surface area contributed by atoms with Gasteiger partial charge in [0.25, 0.3) is 0 Å². The normalized spacial score (nSPS) is 11.0. The van der Waals surface area contributed by atoms with Crippen molar-refractivity contribution in [2.24, 2.45) is 0 Å². The van der Waals surface area contributed by atoms with E-state index >= 15 is 0 Å². The van der Waals surface area contributed by atoms with Crippen molar-refractivity contribution in [1.82, 2.24) is 10.2 Å². The van der Waals surface area contributed by atoms with Gasteiger partial charge in [0.05, 0.1) is 10.4 Å². The summed E-state index contributed by atoms with van der Waals surface area (Å²) in [4.78, 5) is 4.00. The number of hydrogen-bond acceptors (Lipinski definition) is 4. The lowest BCUT2D eigenvalue weighted by Gasteiger charge is -2.06. The molecule has 21 heavy (non-hydrogen) atoms. The van der Waals surface area contributed by atoms with Gasteiger partial charge >= 0.3 is 0 Å². The maximum absolute atomic E-state index is 4.05. The fourth-order valence-electron chi connectivity index (χ4n) is 2.04. The Morgan fingerprint density at radius 1 is 1.14 bits per heavy atom. The lowest BCUT2D eigenvalue weighted by atomic mass is 10.1. The molecule has 0 aliphatic carbocycles. The molecule has 0 unspecified atom stereocenters. The smallest absolute Gasteiger partial charge is 0.0649 e. The van der Waals surface area contributed by atoms with Gasteiger partial charge in [0.1, 0.15) is 0 Å². The highest BCUT2D eigenvalue weighted by atomic mass is 32.2. The van der Waals surface area contributed by atoms with Crippen molar-refractivity contribution >= 4 is 34.9 Å². The molecule has 0 spiro atoms. The molecule has 0 fully saturated rings. The minimum Gasteiger partial charge on any atom is -0.285 e. The highest BCUT2D eigenvalue weighted by Crippen LogP contribution is 2.37. The number of rotatable bonds is 5. The van der Waals surface area contributed by atoms with E-state index in [4.69, 9.17) is 0 Å². The van der Waals surface area contributed by atoms with E-state index in [0.29, 0.717) is 0 Å². The van der Waals surface area contributed by atoms with E-state index in [1.54, 1.807) is 11.8 Å². The minimum absolute atomic E-state index is 1.11. The van der Waals surface area contributed by atoms with Crippen LogP contribution in [0.5, 0.6) is 0 Å². The third kappa shape index (κ3) is 3.54. The molecule has 1 N–H and O–H groups in total. The second kappa shape index (κ2) is 6.73. The number of thioether (sulfide) groups is 1. The fraction of sp³-hybridized carbons (Fsp3) is 0.188. The van der Waals surface area contributed by atoms with Crippen LogP contribution in [0, 0.1) is 0 Å². The Balaban J connectivity index is 1.92. The average molecular weight is 333 g/mol. The quantitative estimate of drug-likeness (QED) is 0.619. The number of thiophene rings is 1. The average Bonchev–Trinajstić information content (AvgIpc) is 3.18. The molecule has 0 atom stereocenters. The lowest BCUT2D eigenvalue weighted by Crippen LogP contribution is -1.80. The summed E-state index contributed by atoms with van der Waals surface area (Å²) in [7, 11) is 0. The molecular formula is C16H16N2S3. The first-order valence-electron chi connectivity index (χ1n) is 6.73. The number of nitrogens with one attached hydrogen (secondary N) is 1. The molecule has 0 saturated carbocycles. The molecule has 5 heteroatoms. The molecule has 3 aromatic rings. The first-order valence-corrected chi connectivity index (χ1v) is 9.59. The highest BCUT2D eigenvalue weighted by molar-refractivity contribution is 8.01. The summed E-state index contributed by atoms with van der Waals surface area (Å²) in [6.45, 7) is 2.20. The highest BCUT2D eigenvalue weighted by Gasteiger charge is 2.07. The summed E-state index contributed by atoms with van der Waals surface area (Å²) in [5.74, 6) is 0. The molecule has 2 aromatic heterocycles. The lowest BCUT2D eigenvalue weighted by molar-refractivity contribution is 1.09. The monoisotopic (exact) mass is 332 g/mol. The van der Waals surface area contributed by atoms with Gasteiger partial charge in [-0.15, -0.1) is 23.1 Å². The third-order valence-corrected chi connectivity index (χ3v) is 6.19. The van der Waals surface area contributed by atoms with Gasteiger partial charge in [-0.1, -0.05) is 18.7 Å². The van der Waals surface area contributed by atoms with Crippen LogP contribution in [0.1, 0.15) is 11.8 Å². The largest absolute Gasteiger partial charge is 0.285 e. The second-order valence-electron chi connectivity index (χ2n) is 4.56. The zero-order chi connectivity index (χ0) is 14.7. The van der Waals surface area contributed by atoms with Crippen LogP contribution in [-0.2, 0) is 6.42 Å². The predicted octanol–water partition coefficient (Wildman–Crippen LogP) is 5.57. The minimum atomic E-state index is 1.11. The molecule has 2 heterocycles. The van der Waals surface area contributed by atoms with Crippen molar-refractivity contribution in [3.63, 3.8) is 0 Å². The molecule has 2 nitrogen and oxygen atoms in total. The van der Waals surface area contributed by atoms with Crippen molar-refractivity contribution in [2.45, 2.75) is 27.3 Å². The number of nitrogens with zero attached hydrogens (tertiary/aromatic N) is 1. The van der Waals surface area contributed by atoms with Crippen LogP contribution in [0.25, 0.3) is 11.1 Å². The van der Waals surface area contributed by atoms with Crippen LogP contribution in [0.3, 0.4) is 0 Å². The van der Waals surface area contributed by atoms with Gasteiger partial charge in [-0.25, -0.2) is 0 Å². The Bertz CT molecular complexity index is 717. The molecule has 0 aliphatic heterocycles. The van der Waals surface area contributed by atoms with Crippen LogP contribution in [0.2, 0.25) is 0 Å². The molecule has 108 valence electrons. The Kier molecular flexibility index (Phi) is 4.73. The Morgan fingerprint density at radius 2 is 2.00 bits per heavy atom. The van der Waals surface area contributed by atoms with Crippen LogP contribution >= 0.6 is 34.9 Å². The van der Waals surface area contributed by atoms with Crippen LogP contribution in [0.4, 0.5) is 0 Å². The van der Waals surface area contributed by atoms with Crippen molar-refractivity contribution in [3.8, 4) is 11.1 Å². The molecule has 1 aromatic carbocycles. The third-order valence-electron chi connectivity index (χ3n) is 3.15. The molecule has 0 bridgehead atoms. The molecule has 0 saturated heterocycles. The SMILES string of the molecule is CCc1ccc(Sc2cc(SC)cc(-c3cn[nH]c3)c2)s1. The molecular weight excluding hydrogens is 316 g/mol. The number of H-pyrrole nitrogens is 1. The Labute approximate surface area is 137 Å². The van der Waals surface area contributed by atoms with E-state index in [-0.39, 0.29) is 0 Å². The molecule has 0 radical (unpaired) electrons. The van der Waals surface area contributed by atoms with E-state index in [1.165, 1.54) is 24.4 Å². The van der Waals surface area contributed by atoms with Crippen molar-refractivity contribution < 1.29 is 0 Å². The van der Waals surface area contributed by atoms with Crippen LogP contribution in [-0.4, -0.2) is 16.5 Å². The first kappa shape index (κ1) is 14.8. The van der Waals surface area contributed by atoms with E-state index in [1.807, 2.05) is 35.5 Å². The van der Waals surface area contributed by atoms with Gasteiger partial charge in [-0.2, -0.15) is 5.10 Å². The summed E-state index contributed by atoms with van der Waals surface area (Å²) < 4.78 is 1.35. The fourth-order valence-corrected chi connectivity index (χ4v) is 4.80. The van der Waals surface area contributed by atoms with Crippen molar-refractivity contribution in [1.29, 1.82) is 0 Å². The number of benzene rings is 1. The maximum atomic E-state index is 4.05. The Hall–Kier alpha value is -1.17. The van der Waals surface area contributed by atoms with E-state index in [0.717, 1.165) is 12.0 Å². The van der Waals surface area contributed by atoms with Gasteiger partial charge in [0.15, 0.2) is 0 Å². The van der Waals surface area contributed by atoms with Crippen molar-refractivity contribution in [2.75, 3.05) is 6.26 Å². The van der Waals surface area contributed by atoms with E-state index in [9.17, 15) is 0 Å². The van der Waals surface area contributed by atoms with Gasteiger partial charge in [0.2, 0.25) is 0 Å². The maximum Gasteiger partial charge on any atom is 0.0649 e. The summed E-state index contributed by atoms with van der Waals surface area (Å²) >= 11 is 5.50. The molecule has 0 aliphatic rings. The number of aryl methyl sites for hydroxylation is 1. The van der Waals surface area contributed by atoms with Crippen LogP contribution < -0.4 is 0 Å². The van der Waals surface area contributed by atoms with E-state index < -0.39 is 0 Å². The zero-order valence-corrected chi connectivity index (χ0v) is 14.4. The van der Waals surface area contributed by atoms with Crippen molar-refractivity contribution in [3.05, 3.63) is 47.6 Å². The molecule has 3 rings (SSSR count). The van der Waals surface area contributed by atoms with Gasteiger partial charge < -0.3 is 0 Å². The standard InChI is InChI=1S/C16H16N2S3/c1-3-13-4-5-16(20-13)21-15-7-11(6-14(8-15)19-2)12-9-17-18-10-12/h4-10H,3H2,1-2H3,(H,17,18). The van der Waals surface area contributed by atoms with Gasteiger partial charge in [-0.3, -0.25) is 5.10 Å². The van der Waals surface area contributed by atoms with E-state index in [2.05, 4.69) is 53.7 Å². The van der Waals surface area contributed by atoms with Crippen LogP contribution in [0.15, 0.2) is 56.7 Å². The summed E-state index contributed by atoms with van der Waals surface area (Å²) in [5, 5.41) is 6.93. The van der Waals surface area contributed by atoms with Gasteiger partial charge in [-0.05, 0) is 48.6 Å². The number of aromatic amines is 1. The zero-order valence-electron chi connectivity index (χ0n) is 11.9. The molecule has 0 amide bonds.